The van der Waals surface area contributed by atoms with Crippen molar-refractivity contribution in [3.05, 3.63) is 77.9 Å². The maximum Gasteiger partial charge on any atom is 0.133 e. The first-order valence-electron chi connectivity index (χ1n) is 10.5. The van der Waals surface area contributed by atoms with Crippen LogP contribution in [0.4, 0.5) is 0 Å². The zero-order chi connectivity index (χ0) is 19.8. The first-order valence-corrected chi connectivity index (χ1v) is 10.5. The SMILES string of the molecule is O[C@@H]1CC2(CCN(C[C@H](O)c3ccccc3)CC2)Oc2c1ccc1ccccc21. The highest BCUT2D eigenvalue weighted by Gasteiger charge is 2.43. The van der Waals surface area contributed by atoms with E-state index in [2.05, 4.69) is 23.1 Å². The lowest BCUT2D eigenvalue weighted by atomic mass is 9.81. The van der Waals surface area contributed by atoms with Gasteiger partial charge in [0.15, 0.2) is 0 Å². The molecule has 150 valence electrons. The molecule has 4 nitrogen and oxygen atoms in total. The molecule has 2 aliphatic heterocycles. The number of benzene rings is 3. The largest absolute Gasteiger partial charge is 0.486 e. The van der Waals surface area contributed by atoms with Gasteiger partial charge in [0.05, 0.1) is 12.2 Å². The molecular weight excluding hydrogens is 362 g/mol. The Kier molecular flexibility index (Phi) is 4.78. The van der Waals surface area contributed by atoms with Gasteiger partial charge >= 0.3 is 0 Å². The molecule has 0 amide bonds. The van der Waals surface area contributed by atoms with Crippen LogP contribution in [0.2, 0.25) is 0 Å². The zero-order valence-electron chi connectivity index (χ0n) is 16.5. The van der Waals surface area contributed by atoms with Gasteiger partial charge in [-0.15, -0.1) is 0 Å². The highest BCUT2D eigenvalue weighted by atomic mass is 16.5. The molecule has 0 bridgehead atoms. The van der Waals surface area contributed by atoms with Crippen molar-refractivity contribution in [2.45, 2.75) is 37.1 Å². The highest BCUT2D eigenvalue weighted by Crippen LogP contribution is 2.47. The van der Waals surface area contributed by atoms with Crippen molar-refractivity contribution in [3.63, 3.8) is 0 Å². The Morgan fingerprint density at radius 1 is 0.966 bits per heavy atom. The molecule has 1 spiro atoms. The molecule has 0 radical (unpaired) electrons. The zero-order valence-corrected chi connectivity index (χ0v) is 16.5. The smallest absolute Gasteiger partial charge is 0.133 e. The third-order valence-corrected chi connectivity index (χ3v) is 6.54. The highest BCUT2D eigenvalue weighted by molar-refractivity contribution is 5.90. The lowest BCUT2D eigenvalue weighted by Crippen LogP contribution is -2.51. The summed E-state index contributed by atoms with van der Waals surface area (Å²) >= 11 is 0. The van der Waals surface area contributed by atoms with Gasteiger partial charge in [0.25, 0.3) is 0 Å². The van der Waals surface area contributed by atoms with Gasteiger partial charge in [-0.3, -0.25) is 0 Å². The average molecular weight is 389 g/mol. The molecule has 29 heavy (non-hydrogen) atoms. The van der Waals surface area contributed by atoms with Crippen molar-refractivity contribution in [2.75, 3.05) is 19.6 Å². The molecular formula is C25H27NO3. The van der Waals surface area contributed by atoms with Crippen molar-refractivity contribution in [1.82, 2.24) is 4.90 Å². The van der Waals surface area contributed by atoms with E-state index in [-0.39, 0.29) is 5.60 Å². The molecule has 2 heterocycles. The van der Waals surface area contributed by atoms with Crippen molar-refractivity contribution in [2.24, 2.45) is 0 Å². The standard InChI is InChI=1S/C25H27NO3/c27-22-16-25(29-24-20-9-5-4-6-18(20)10-11-21(22)24)12-14-26(15-13-25)17-23(28)19-7-2-1-3-8-19/h1-11,22-23,27-28H,12-17H2/t22-,23+/m1/s1. The van der Waals surface area contributed by atoms with E-state index in [0.29, 0.717) is 13.0 Å². The van der Waals surface area contributed by atoms with Crippen LogP contribution in [0, 0.1) is 0 Å². The normalized spacial score (nSPS) is 22.2. The Hall–Kier alpha value is -2.40. The van der Waals surface area contributed by atoms with Crippen LogP contribution in [0.1, 0.15) is 42.6 Å². The van der Waals surface area contributed by atoms with Gasteiger partial charge in [-0.05, 0) is 23.8 Å². The van der Waals surface area contributed by atoms with Crippen LogP contribution in [0.15, 0.2) is 66.7 Å². The number of nitrogens with zero attached hydrogens (tertiary/aromatic N) is 1. The number of ether oxygens (including phenoxy) is 1. The van der Waals surface area contributed by atoms with Crippen LogP contribution in [0.3, 0.4) is 0 Å². The number of aliphatic hydroxyl groups is 2. The molecule has 1 saturated heterocycles. The molecule has 0 saturated carbocycles. The lowest BCUT2D eigenvalue weighted by molar-refractivity contribution is -0.0577. The van der Waals surface area contributed by atoms with Crippen LogP contribution in [-0.4, -0.2) is 40.3 Å². The second kappa shape index (κ2) is 7.45. The molecule has 5 rings (SSSR count). The quantitative estimate of drug-likeness (QED) is 0.704. The summed E-state index contributed by atoms with van der Waals surface area (Å²) in [6, 6.07) is 22.1. The average Bonchev–Trinajstić information content (AvgIpc) is 2.76. The number of fused-ring (bicyclic) bond motifs is 3. The summed E-state index contributed by atoms with van der Waals surface area (Å²) in [6.45, 7) is 2.34. The molecule has 0 aromatic heterocycles. The lowest BCUT2D eigenvalue weighted by Gasteiger charge is -2.46. The Morgan fingerprint density at radius 3 is 2.48 bits per heavy atom. The van der Waals surface area contributed by atoms with E-state index < -0.39 is 12.2 Å². The maximum atomic E-state index is 10.9. The minimum atomic E-state index is -0.496. The number of β-amino-alcohol motifs (C(OH)–C–C–N with tert-alkyl or cyclic N) is 1. The fourth-order valence-corrected chi connectivity index (χ4v) is 4.83. The maximum absolute atomic E-state index is 10.9. The Labute approximate surface area is 171 Å². The van der Waals surface area contributed by atoms with E-state index in [1.807, 2.05) is 48.5 Å². The summed E-state index contributed by atoms with van der Waals surface area (Å²) in [5, 5.41) is 23.6. The van der Waals surface area contributed by atoms with Crippen LogP contribution < -0.4 is 4.74 Å². The van der Waals surface area contributed by atoms with Gasteiger partial charge in [0.2, 0.25) is 0 Å². The fraction of sp³-hybridized carbons (Fsp3) is 0.360. The second-order valence-electron chi connectivity index (χ2n) is 8.44. The molecule has 4 heteroatoms. The van der Waals surface area contributed by atoms with E-state index in [1.54, 1.807) is 0 Å². The topological polar surface area (TPSA) is 52.9 Å². The molecule has 2 atom stereocenters. The van der Waals surface area contributed by atoms with Crippen molar-refractivity contribution in [1.29, 1.82) is 0 Å². The number of aliphatic hydroxyl groups excluding tert-OH is 2. The second-order valence-corrected chi connectivity index (χ2v) is 8.44. The number of hydrogen-bond acceptors (Lipinski definition) is 4. The number of hydrogen-bond donors (Lipinski definition) is 2. The number of piperidine rings is 1. The Bertz CT molecular complexity index is 995. The van der Waals surface area contributed by atoms with Crippen molar-refractivity contribution < 1.29 is 14.9 Å². The Morgan fingerprint density at radius 2 is 1.69 bits per heavy atom. The summed E-state index contributed by atoms with van der Waals surface area (Å²) in [6.07, 6.45) is 1.37. The van der Waals surface area contributed by atoms with Gasteiger partial charge in [-0.2, -0.15) is 0 Å². The molecule has 2 N–H and O–H groups in total. The molecule has 0 aliphatic carbocycles. The van der Waals surface area contributed by atoms with Gasteiger partial charge in [0, 0.05) is 37.0 Å². The summed E-state index contributed by atoms with van der Waals surface area (Å²) in [5.41, 5.74) is 1.53. The van der Waals surface area contributed by atoms with Gasteiger partial charge in [0.1, 0.15) is 11.4 Å². The Balaban J connectivity index is 1.32. The van der Waals surface area contributed by atoms with E-state index >= 15 is 0 Å². The third kappa shape index (κ3) is 3.52. The number of likely N-dealkylation sites (tertiary alicyclic amines) is 1. The van der Waals surface area contributed by atoms with E-state index in [4.69, 9.17) is 4.74 Å². The molecule has 1 fully saturated rings. The molecule has 0 unspecified atom stereocenters. The van der Waals surface area contributed by atoms with E-state index in [1.165, 1.54) is 0 Å². The molecule has 3 aromatic carbocycles. The van der Waals surface area contributed by atoms with Crippen molar-refractivity contribution in [3.8, 4) is 5.75 Å². The molecule has 2 aliphatic rings. The van der Waals surface area contributed by atoms with Gasteiger partial charge < -0.3 is 19.8 Å². The molecule has 3 aromatic rings. The predicted molar refractivity (Wildman–Crippen MR) is 114 cm³/mol. The summed E-state index contributed by atoms with van der Waals surface area (Å²) in [5.74, 6) is 0.847. The van der Waals surface area contributed by atoms with E-state index in [9.17, 15) is 10.2 Å². The summed E-state index contributed by atoms with van der Waals surface area (Å²) in [7, 11) is 0. The monoisotopic (exact) mass is 389 g/mol. The third-order valence-electron chi connectivity index (χ3n) is 6.54. The summed E-state index contributed by atoms with van der Waals surface area (Å²) in [4.78, 5) is 2.30. The first-order chi connectivity index (χ1) is 14.1. The van der Waals surface area contributed by atoms with Crippen molar-refractivity contribution >= 4 is 10.8 Å². The minimum absolute atomic E-state index is 0.329. The van der Waals surface area contributed by atoms with Crippen LogP contribution in [-0.2, 0) is 0 Å². The van der Waals surface area contributed by atoms with E-state index in [0.717, 1.165) is 53.6 Å². The van der Waals surface area contributed by atoms with Crippen LogP contribution in [0.25, 0.3) is 10.8 Å². The fourth-order valence-electron chi connectivity index (χ4n) is 4.83. The van der Waals surface area contributed by atoms with Gasteiger partial charge in [-0.1, -0.05) is 66.7 Å². The summed E-state index contributed by atoms with van der Waals surface area (Å²) < 4.78 is 6.63. The van der Waals surface area contributed by atoms with Gasteiger partial charge in [-0.25, -0.2) is 0 Å². The predicted octanol–water partition coefficient (Wildman–Crippen LogP) is 4.22. The number of rotatable bonds is 3. The van der Waals surface area contributed by atoms with Crippen LogP contribution in [0.5, 0.6) is 5.75 Å². The van der Waals surface area contributed by atoms with Crippen LogP contribution >= 0.6 is 0 Å². The minimum Gasteiger partial charge on any atom is -0.486 e. The first kappa shape index (κ1) is 18.6.